The van der Waals surface area contributed by atoms with Crippen molar-refractivity contribution in [1.82, 2.24) is 19.9 Å². The number of carbonyl (C=O) groups is 1. The third-order valence-corrected chi connectivity index (χ3v) is 9.98. The molecule has 7 rings (SSSR count). The van der Waals surface area contributed by atoms with Crippen molar-refractivity contribution in [2.75, 3.05) is 25.0 Å². The van der Waals surface area contributed by atoms with Gasteiger partial charge in [0.05, 0.1) is 34.6 Å². The first-order valence-corrected chi connectivity index (χ1v) is 15.1. The molecule has 9 nitrogen and oxygen atoms in total. The second-order valence-corrected chi connectivity index (χ2v) is 12.6. The van der Waals surface area contributed by atoms with Crippen LogP contribution in [0.2, 0.25) is 0 Å². The molecule has 0 radical (unpaired) electrons. The number of aliphatic hydroxyl groups is 1. The van der Waals surface area contributed by atoms with Gasteiger partial charge in [-0.2, -0.15) is 0 Å². The molecule has 2 aromatic heterocycles. The zero-order chi connectivity index (χ0) is 26.4. The molecule has 206 valence electrons. The summed E-state index contributed by atoms with van der Waals surface area (Å²) in [5.41, 5.74) is 2.88. The van der Waals surface area contributed by atoms with Crippen LogP contribution in [0.1, 0.15) is 57.2 Å². The number of benzene rings is 1. The van der Waals surface area contributed by atoms with Crippen molar-refractivity contribution in [3.05, 3.63) is 36.4 Å². The van der Waals surface area contributed by atoms with Gasteiger partial charge in [0.15, 0.2) is 11.0 Å². The summed E-state index contributed by atoms with van der Waals surface area (Å²) in [6.07, 6.45) is 11.2. The Morgan fingerprint density at radius 2 is 2.03 bits per heavy atom. The van der Waals surface area contributed by atoms with Crippen molar-refractivity contribution in [1.29, 1.82) is 0 Å². The molecule has 39 heavy (non-hydrogen) atoms. The largest absolute Gasteiger partial charge is 0.390 e. The number of hydrogen-bond acceptors (Lipinski definition) is 9. The number of carbonyl (C=O) groups excluding carboxylic acids is 1. The van der Waals surface area contributed by atoms with E-state index in [0.29, 0.717) is 23.6 Å². The highest BCUT2D eigenvalue weighted by molar-refractivity contribution is 7.22. The van der Waals surface area contributed by atoms with Gasteiger partial charge in [-0.05, 0) is 69.1 Å². The summed E-state index contributed by atoms with van der Waals surface area (Å²) in [6.45, 7) is 3.12. The topological polar surface area (TPSA) is 110 Å². The Hall–Kier alpha value is -2.50. The van der Waals surface area contributed by atoms with Gasteiger partial charge < -0.3 is 19.9 Å². The standard InChI is InChI=1S/C29H35N5O4S/c35-23-3-1-4-24(23)37-16-26-30-14-20(15-31-26)18-5-6-22-25(13-18)39-28(32-22)33-27(36)19-11-21(12-19)34-9-10-38-29(17-34)7-2-8-29/h5-6,13-15,19,21,23-24,35H,1-4,7-12,16-17H2,(H,32,33,36)/t19?,21?,23-,24-/m0/s1. The molecule has 3 aromatic rings. The Morgan fingerprint density at radius 3 is 2.77 bits per heavy atom. The van der Waals surface area contributed by atoms with Crippen LogP contribution in [0.3, 0.4) is 0 Å². The highest BCUT2D eigenvalue weighted by atomic mass is 32.1. The third-order valence-electron chi connectivity index (χ3n) is 9.04. The van der Waals surface area contributed by atoms with Gasteiger partial charge >= 0.3 is 0 Å². The number of aromatic nitrogens is 3. The van der Waals surface area contributed by atoms with Gasteiger partial charge in [-0.15, -0.1) is 0 Å². The molecule has 2 atom stereocenters. The number of ether oxygens (including phenoxy) is 2. The highest BCUT2D eigenvalue weighted by Gasteiger charge is 2.46. The van der Waals surface area contributed by atoms with Crippen LogP contribution >= 0.6 is 11.3 Å². The van der Waals surface area contributed by atoms with E-state index < -0.39 is 0 Å². The fourth-order valence-corrected chi connectivity index (χ4v) is 7.29. The summed E-state index contributed by atoms with van der Waals surface area (Å²) in [6, 6.07) is 6.55. The van der Waals surface area contributed by atoms with E-state index in [1.54, 1.807) is 12.4 Å². The number of nitrogens with one attached hydrogen (secondary N) is 1. The molecule has 3 aliphatic carbocycles. The molecule has 1 saturated heterocycles. The zero-order valence-corrected chi connectivity index (χ0v) is 22.9. The van der Waals surface area contributed by atoms with E-state index >= 15 is 0 Å². The number of anilines is 1. The molecule has 1 aromatic carbocycles. The van der Waals surface area contributed by atoms with Gasteiger partial charge in [0.1, 0.15) is 6.61 Å². The second kappa shape index (κ2) is 10.5. The molecule has 2 N–H and O–H groups in total. The molecule has 1 amide bonds. The van der Waals surface area contributed by atoms with Crippen molar-refractivity contribution >= 4 is 32.6 Å². The molecule has 0 unspecified atom stereocenters. The first kappa shape index (κ1) is 25.5. The minimum absolute atomic E-state index is 0.0503. The highest BCUT2D eigenvalue weighted by Crippen LogP contribution is 2.42. The first-order chi connectivity index (χ1) is 19.0. The van der Waals surface area contributed by atoms with E-state index in [2.05, 4.69) is 31.2 Å². The molecule has 3 heterocycles. The van der Waals surface area contributed by atoms with Crippen molar-refractivity contribution in [3.8, 4) is 11.1 Å². The molecule has 10 heteroatoms. The van der Waals surface area contributed by atoms with Gasteiger partial charge in [0.25, 0.3) is 0 Å². The van der Waals surface area contributed by atoms with Crippen LogP contribution in [0, 0.1) is 5.92 Å². The zero-order valence-electron chi connectivity index (χ0n) is 22.1. The van der Waals surface area contributed by atoms with Crippen LogP contribution in [0.4, 0.5) is 5.13 Å². The van der Waals surface area contributed by atoms with Crippen LogP contribution in [-0.2, 0) is 20.9 Å². The fraction of sp³-hybridized carbons (Fsp3) is 0.586. The monoisotopic (exact) mass is 549 g/mol. The lowest BCUT2D eigenvalue weighted by Gasteiger charge is -2.53. The van der Waals surface area contributed by atoms with E-state index in [1.807, 2.05) is 12.1 Å². The number of hydrogen-bond donors (Lipinski definition) is 2. The maximum Gasteiger partial charge on any atom is 0.229 e. The normalized spacial score (nSPS) is 28.3. The Morgan fingerprint density at radius 1 is 1.18 bits per heavy atom. The Kier molecular flexibility index (Phi) is 6.84. The van der Waals surface area contributed by atoms with E-state index in [0.717, 1.165) is 73.1 Å². The Labute approximate surface area is 232 Å². The molecule has 3 saturated carbocycles. The van der Waals surface area contributed by atoms with E-state index in [-0.39, 0.29) is 29.6 Å². The molecular weight excluding hydrogens is 514 g/mol. The number of fused-ring (bicyclic) bond motifs is 1. The third kappa shape index (κ3) is 5.20. The lowest BCUT2D eigenvalue weighted by molar-refractivity contribution is -0.167. The summed E-state index contributed by atoms with van der Waals surface area (Å²) in [5, 5.41) is 13.6. The quantitative estimate of drug-likeness (QED) is 0.452. The smallest absolute Gasteiger partial charge is 0.229 e. The molecular formula is C29H35N5O4S. The summed E-state index contributed by atoms with van der Waals surface area (Å²) < 4.78 is 12.9. The average Bonchev–Trinajstić information content (AvgIpc) is 3.50. The van der Waals surface area contributed by atoms with E-state index in [4.69, 9.17) is 9.47 Å². The summed E-state index contributed by atoms with van der Waals surface area (Å²) in [7, 11) is 0. The number of thiazole rings is 1. The van der Waals surface area contributed by atoms with Crippen LogP contribution in [0.15, 0.2) is 30.6 Å². The van der Waals surface area contributed by atoms with Crippen molar-refractivity contribution in [3.63, 3.8) is 0 Å². The van der Waals surface area contributed by atoms with Gasteiger partial charge in [0.2, 0.25) is 5.91 Å². The number of amides is 1. The number of morpholine rings is 1. The van der Waals surface area contributed by atoms with Gasteiger partial charge in [-0.3, -0.25) is 9.69 Å². The number of aliphatic hydroxyl groups excluding tert-OH is 1. The minimum atomic E-state index is -0.384. The van der Waals surface area contributed by atoms with Crippen molar-refractivity contribution in [2.24, 2.45) is 5.92 Å². The lowest BCUT2D eigenvalue weighted by atomic mass is 9.75. The minimum Gasteiger partial charge on any atom is -0.390 e. The SMILES string of the molecule is O=C(Nc1nc2ccc(-c3cnc(CO[C@H]4CCC[C@@H]4O)nc3)cc2s1)C1CC(N2CCOC3(CCC3)C2)C1. The predicted octanol–water partition coefficient (Wildman–Crippen LogP) is 4.16. The fourth-order valence-electron chi connectivity index (χ4n) is 6.39. The van der Waals surface area contributed by atoms with E-state index in [9.17, 15) is 9.90 Å². The lowest BCUT2D eigenvalue weighted by Crippen LogP contribution is -2.60. The van der Waals surface area contributed by atoms with Crippen molar-refractivity contribution in [2.45, 2.75) is 81.8 Å². The van der Waals surface area contributed by atoms with Crippen molar-refractivity contribution < 1.29 is 19.4 Å². The van der Waals surface area contributed by atoms with E-state index in [1.165, 1.54) is 30.6 Å². The van der Waals surface area contributed by atoms with Crippen LogP contribution in [-0.4, -0.2) is 74.4 Å². The Bertz CT molecular complexity index is 1340. The summed E-state index contributed by atoms with van der Waals surface area (Å²) >= 11 is 1.50. The van der Waals surface area contributed by atoms with Crippen LogP contribution in [0.5, 0.6) is 0 Å². The molecule has 1 spiro atoms. The molecule has 4 aliphatic rings. The molecule has 0 bridgehead atoms. The van der Waals surface area contributed by atoms with Crippen LogP contribution < -0.4 is 5.32 Å². The predicted molar refractivity (Wildman–Crippen MR) is 148 cm³/mol. The summed E-state index contributed by atoms with van der Waals surface area (Å²) in [5.74, 6) is 0.735. The average molecular weight is 550 g/mol. The van der Waals surface area contributed by atoms with Crippen LogP contribution in [0.25, 0.3) is 21.3 Å². The van der Waals surface area contributed by atoms with Gasteiger partial charge in [-0.25, -0.2) is 15.0 Å². The van der Waals surface area contributed by atoms with Gasteiger partial charge in [-0.1, -0.05) is 17.4 Å². The number of rotatable bonds is 7. The maximum atomic E-state index is 12.9. The summed E-state index contributed by atoms with van der Waals surface area (Å²) in [4.78, 5) is 29.1. The Balaban J connectivity index is 0.940. The molecule has 1 aliphatic heterocycles. The second-order valence-electron chi connectivity index (χ2n) is 11.6. The number of nitrogens with zero attached hydrogens (tertiary/aromatic N) is 4. The first-order valence-electron chi connectivity index (χ1n) is 14.2. The molecule has 4 fully saturated rings. The maximum absolute atomic E-state index is 12.9. The van der Waals surface area contributed by atoms with Gasteiger partial charge in [0, 0.05) is 43.0 Å².